The van der Waals surface area contributed by atoms with Crippen molar-refractivity contribution in [1.82, 2.24) is 9.97 Å². The molecule has 0 radical (unpaired) electrons. The number of nitrogens with two attached hydrogens (primary N) is 1. The Morgan fingerprint density at radius 3 is 2.56 bits per heavy atom. The maximum absolute atomic E-state index is 6.18. The molecule has 1 aliphatic rings. The van der Waals surface area contributed by atoms with E-state index in [9.17, 15) is 0 Å². The molecule has 2 unspecified atom stereocenters. The van der Waals surface area contributed by atoms with Crippen molar-refractivity contribution >= 4 is 11.8 Å². The second-order valence-corrected chi connectivity index (χ2v) is 5.89. The third-order valence-corrected chi connectivity index (χ3v) is 4.58. The van der Waals surface area contributed by atoms with Gasteiger partial charge in [-0.25, -0.2) is 9.97 Å². The number of ether oxygens (including phenoxy) is 1. The highest BCUT2D eigenvalue weighted by molar-refractivity contribution is 7.99. The monoisotopic (exact) mass is 267 g/mol. The summed E-state index contributed by atoms with van der Waals surface area (Å²) >= 11 is 1.65. The minimum absolute atomic E-state index is 0.169. The van der Waals surface area contributed by atoms with Gasteiger partial charge in [0.15, 0.2) is 5.16 Å². The van der Waals surface area contributed by atoms with Crippen molar-refractivity contribution in [2.45, 2.75) is 38.4 Å². The summed E-state index contributed by atoms with van der Waals surface area (Å²) in [5, 5.41) is 0.838. The van der Waals surface area contributed by atoms with Crippen LogP contribution >= 0.6 is 11.8 Å². The van der Waals surface area contributed by atoms with Crippen LogP contribution in [0.15, 0.2) is 5.16 Å². The van der Waals surface area contributed by atoms with E-state index in [1.165, 1.54) is 5.56 Å². The van der Waals surface area contributed by atoms with Gasteiger partial charge in [-0.1, -0.05) is 11.8 Å². The van der Waals surface area contributed by atoms with E-state index in [2.05, 4.69) is 16.9 Å². The number of hydrogen-bond donors (Lipinski definition) is 1. The van der Waals surface area contributed by atoms with E-state index in [4.69, 9.17) is 10.5 Å². The highest BCUT2D eigenvalue weighted by atomic mass is 32.2. The summed E-state index contributed by atoms with van der Waals surface area (Å²) in [7, 11) is 0. The predicted molar refractivity (Wildman–Crippen MR) is 73.9 cm³/mol. The average molecular weight is 267 g/mol. The first-order chi connectivity index (χ1) is 8.58. The van der Waals surface area contributed by atoms with Crippen LogP contribution in [0, 0.1) is 26.7 Å². The third kappa shape index (κ3) is 3.22. The SMILES string of the molecule is Cc1nc(SCC(N)C2CCOC2)nc(C)c1C. The molecule has 1 aromatic rings. The van der Waals surface area contributed by atoms with E-state index < -0.39 is 0 Å². The number of thioether (sulfide) groups is 1. The third-order valence-electron chi connectivity index (χ3n) is 3.59. The molecule has 0 aromatic carbocycles. The fourth-order valence-corrected chi connectivity index (χ4v) is 3.02. The summed E-state index contributed by atoms with van der Waals surface area (Å²) in [5.41, 5.74) is 9.47. The number of nitrogens with zero attached hydrogens (tertiary/aromatic N) is 2. The van der Waals surface area contributed by atoms with Gasteiger partial charge in [-0.05, 0) is 32.8 Å². The van der Waals surface area contributed by atoms with Crippen molar-refractivity contribution in [2.24, 2.45) is 11.7 Å². The summed E-state index contributed by atoms with van der Waals surface area (Å²) in [6.45, 7) is 7.76. The molecule has 5 heteroatoms. The molecular formula is C13H21N3OS. The van der Waals surface area contributed by atoms with Gasteiger partial charge in [0.05, 0.1) is 6.61 Å². The summed E-state index contributed by atoms with van der Waals surface area (Å²) < 4.78 is 5.36. The molecule has 0 bridgehead atoms. The molecule has 0 spiro atoms. The zero-order valence-corrected chi connectivity index (χ0v) is 12.1. The largest absolute Gasteiger partial charge is 0.381 e. The van der Waals surface area contributed by atoms with Gasteiger partial charge in [0.1, 0.15) is 0 Å². The minimum atomic E-state index is 0.169. The Kier molecular flexibility index (Phi) is 4.59. The van der Waals surface area contributed by atoms with Gasteiger partial charge in [0, 0.05) is 35.7 Å². The normalized spacial score (nSPS) is 21.2. The molecule has 1 aromatic heterocycles. The molecule has 4 nitrogen and oxygen atoms in total. The van der Waals surface area contributed by atoms with Crippen LogP contribution in [0.1, 0.15) is 23.4 Å². The fraction of sp³-hybridized carbons (Fsp3) is 0.692. The van der Waals surface area contributed by atoms with E-state index in [1.807, 2.05) is 13.8 Å². The molecule has 2 N–H and O–H groups in total. The summed E-state index contributed by atoms with van der Waals surface area (Å²) in [6, 6.07) is 0.169. The first-order valence-corrected chi connectivity index (χ1v) is 7.34. The van der Waals surface area contributed by atoms with E-state index >= 15 is 0 Å². The van der Waals surface area contributed by atoms with E-state index in [0.717, 1.165) is 41.9 Å². The number of aromatic nitrogens is 2. The Morgan fingerprint density at radius 1 is 1.33 bits per heavy atom. The lowest BCUT2D eigenvalue weighted by Crippen LogP contribution is -2.32. The van der Waals surface area contributed by atoms with Gasteiger partial charge >= 0.3 is 0 Å². The van der Waals surface area contributed by atoms with E-state index in [1.54, 1.807) is 11.8 Å². The molecule has 0 aliphatic carbocycles. The Bertz CT molecular complexity index is 396. The first kappa shape index (κ1) is 13.8. The molecule has 0 amide bonds. The lowest BCUT2D eigenvalue weighted by Gasteiger charge is -2.16. The zero-order valence-electron chi connectivity index (χ0n) is 11.3. The van der Waals surface area contributed by atoms with Gasteiger partial charge in [-0.3, -0.25) is 0 Å². The van der Waals surface area contributed by atoms with Crippen molar-refractivity contribution in [2.75, 3.05) is 19.0 Å². The van der Waals surface area contributed by atoms with Crippen molar-refractivity contribution in [3.8, 4) is 0 Å². The molecule has 2 atom stereocenters. The Labute approximate surface area is 113 Å². The Morgan fingerprint density at radius 2 is 2.00 bits per heavy atom. The predicted octanol–water partition coefficient (Wildman–Crippen LogP) is 1.86. The lowest BCUT2D eigenvalue weighted by molar-refractivity contribution is 0.182. The molecule has 1 fully saturated rings. The number of rotatable bonds is 4. The fourth-order valence-electron chi connectivity index (χ4n) is 2.00. The summed E-state index contributed by atoms with van der Waals surface area (Å²) in [6.07, 6.45) is 1.08. The van der Waals surface area contributed by atoms with Crippen LogP contribution < -0.4 is 5.73 Å². The van der Waals surface area contributed by atoms with Gasteiger partial charge in [0.2, 0.25) is 0 Å². The topological polar surface area (TPSA) is 61.0 Å². The zero-order chi connectivity index (χ0) is 13.1. The molecule has 0 saturated carbocycles. The van der Waals surface area contributed by atoms with Gasteiger partial charge in [0.25, 0.3) is 0 Å². The van der Waals surface area contributed by atoms with Crippen LogP contribution in [0.2, 0.25) is 0 Å². The Hall–Kier alpha value is -0.650. The van der Waals surface area contributed by atoms with Crippen molar-refractivity contribution in [3.05, 3.63) is 17.0 Å². The van der Waals surface area contributed by atoms with Crippen LogP contribution in [0.4, 0.5) is 0 Å². The molecule has 18 heavy (non-hydrogen) atoms. The maximum atomic E-state index is 6.18. The molecule has 100 valence electrons. The second kappa shape index (κ2) is 5.99. The van der Waals surface area contributed by atoms with Crippen LogP contribution in [-0.2, 0) is 4.74 Å². The number of hydrogen-bond acceptors (Lipinski definition) is 5. The van der Waals surface area contributed by atoms with E-state index in [-0.39, 0.29) is 6.04 Å². The minimum Gasteiger partial charge on any atom is -0.381 e. The van der Waals surface area contributed by atoms with Gasteiger partial charge in [-0.2, -0.15) is 0 Å². The maximum Gasteiger partial charge on any atom is 0.188 e. The molecule has 2 rings (SSSR count). The average Bonchev–Trinajstić information content (AvgIpc) is 2.86. The molecule has 1 saturated heterocycles. The van der Waals surface area contributed by atoms with Crippen LogP contribution in [0.25, 0.3) is 0 Å². The van der Waals surface area contributed by atoms with Crippen LogP contribution in [0.5, 0.6) is 0 Å². The summed E-state index contributed by atoms with van der Waals surface area (Å²) in [4.78, 5) is 8.99. The Balaban J connectivity index is 1.93. The van der Waals surface area contributed by atoms with Crippen molar-refractivity contribution in [3.63, 3.8) is 0 Å². The first-order valence-electron chi connectivity index (χ1n) is 6.36. The van der Waals surface area contributed by atoms with Gasteiger partial charge < -0.3 is 10.5 Å². The van der Waals surface area contributed by atoms with Crippen LogP contribution in [0.3, 0.4) is 0 Å². The molecule has 2 heterocycles. The lowest BCUT2D eigenvalue weighted by atomic mass is 10.0. The standard InChI is InChI=1S/C13H21N3OS/c1-8-9(2)15-13(16-10(8)3)18-7-12(14)11-4-5-17-6-11/h11-12H,4-7,14H2,1-3H3. The molecular weight excluding hydrogens is 246 g/mol. The van der Waals surface area contributed by atoms with Crippen molar-refractivity contribution < 1.29 is 4.74 Å². The quantitative estimate of drug-likeness (QED) is 0.666. The highest BCUT2D eigenvalue weighted by Crippen LogP contribution is 2.22. The van der Waals surface area contributed by atoms with Crippen LogP contribution in [-0.4, -0.2) is 35.0 Å². The van der Waals surface area contributed by atoms with Crippen molar-refractivity contribution in [1.29, 1.82) is 0 Å². The second-order valence-electron chi connectivity index (χ2n) is 4.90. The summed E-state index contributed by atoms with van der Waals surface area (Å²) in [5.74, 6) is 1.35. The smallest absolute Gasteiger partial charge is 0.188 e. The van der Waals surface area contributed by atoms with E-state index in [0.29, 0.717) is 5.92 Å². The van der Waals surface area contributed by atoms with Gasteiger partial charge in [-0.15, -0.1) is 0 Å². The number of aryl methyl sites for hydroxylation is 2. The highest BCUT2D eigenvalue weighted by Gasteiger charge is 2.23. The molecule has 1 aliphatic heterocycles.